The molecule has 4 rings (SSSR count). The number of piperazine rings is 1. The summed E-state index contributed by atoms with van der Waals surface area (Å²) in [6, 6.07) is 4.13. The predicted octanol–water partition coefficient (Wildman–Crippen LogP) is 1.75. The lowest BCUT2D eigenvalue weighted by molar-refractivity contribution is -0.130. The fourth-order valence-corrected chi connectivity index (χ4v) is 5.68. The average molecular weight is 393 g/mol. The van der Waals surface area contributed by atoms with Gasteiger partial charge in [0.15, 0.2) is 0 Å². The zero-order valence-corrected chi connectivity index (χ0v) is 16.8. The summed E-state index contributed by atoms with van der Waals surface area (Å²) in [4.78, 5) is 24.4. The van der Waals surface area contributed by atoms with Crippen molar-refractivity contribution in [1.29, 1.82) is 0 Å². The standard InChI is InChI=1S/C18H24N4O2S2/c1-18(2)17(23)22(13-26(18)24)11-8-20-6-9-21(10-7-20)15-12-25-16-14(15)4-3-5-19-16/h3-5,12H,6-11,13H2,1-2H3. The highest BCUT2D eigenvalue weighted by atomic mass is 32.2. The summed E-state index contributed by atoms with van der Waals surface area (Å²) < 4.78 is 11.3. The predicted molar refractivity (Wildman–Crippen MR) is 107 cm³/mol. The van der Waals surface area contributed by atoms with E-state index < -0.39 is 15.5 Å². The first kappa shape index (κ1) is 17.9. The Morgan fingerprint density at radius 2 is 2.00 bits per heavy atom. The van der Waals surface area contributed by atoms with E-state index in [0.717, 1.165) is 37.6 Å². The van der Waals surface area contributed by atoms with Crippen LogP contribution < -0.4 is 4.90 Å². The van der Waals surface area contributed by atoms with Crippen molar-refractivity contribution in [3.05, 3.63) is 23.7 Å². The maximum absolute atomic E-state index is 12.3. The lowest BCUT2D eigenvalue weighted by Crippen LogP contribution is -2.49. The quantitative estimate of drug-likeness (QED) is 0.793. The summed E-state index contributed by atoms with van der Waals surface area (Å²) in [6.07, 6.45) is 1.84. The molecular formula is C18H24N4O2S2. The minimum Gasteiger partial charge on any atom is -0.368 e. The maximum Gasteiger partial charge on any atom is 0.241 e. The normalized spacial score (nSPS) is 23.9. The van der Waals surface area contributed by atoms with Crippen molar-refractivity contribution >= 4 is 43.9 Å². The molecule has 0 radical (unpaired) electrons. The van der Waals surface area contributed by atoms with Gasteiger partial charge in [-0.1, -0.05) is 0 Å². The Kier molecular flexibility index (Phi) is 4.75. The summed E-state index contributed by atoms with van der Waals surface area (Å²) in [5.41, 5.74) is 1.28. The number of carbonyl (C=O) groups excluding carboxylic acids is 1. The van der Waals surface area contributed by atoms with Gasteiger partial charge in [0.25, 0.3) is 0 Å². The van der Waals surface area contributed by atoms with Gasteiger partial charge in [-0.15, -0.1) is 11.3 Å². The fourth-order valence-electron chi connectivity index (χ4n) is 3.58. The van der Waals surface area contributed by atoms with E-state index in [1.54, 1.807) is 30.1 Å². The van der Waals surface area contributed by atoms with Crippen molar-refractivity contribution in [1.82, 2.24) is 14.8 Å². The number of aromatic nitrogens is 1. The van der Waals surface area contributed by atoms with Gasteiger partial charge in [0.1, 0.15) is 9.58 Å². The van der Waals surface area contributed by atoms with E-state index in [1.807, 2.05) is 12.3 Å². The number of rotatable bonds is 4. The minimum absolute atomic E-state index is 0.0201. The third-order valence-electron chi connectivity index (χ3n) is 5.37. The Labute approximate surface area is 160 Å². The van der Waals surface area contributed by atoms with Crippen molar-refractivity contribution < 1.29 is 9.00 Å². The monoisotopic (exact) mass is 392 g/mol. The number of amides is 1. The van der Waals surface area contributed by atoms with Crippen LogP contribution in [0.15, 0.2) is 23.7 Å². The maximum atomic E-state index is 12.3. The van der Waals surface area contributed by atoms with Crippen molar-refractivity contribution in [2.45, 2.75) is 18.6 Å². The van der Waals surface area contributed by atoms with Crippen molar-refractivity contribution in [3.8, 4) is 0 Å². The zero-order chi connectivity index (χ0) is 18.3. The Bertz CT molecular complexity index is 843. The van der Waals surface area contributed by atoms with Crippen LogP contribution in [0.1, 0.15) is 13.8 Å². The molecule has 1 atom stereocenters. The van der Waals surface area contributed by atoms with Gasteiger partial charge in [-0.25, -0.2) is 4.98 Å². The highest BCUT2D eigenvalue weighted by Gasteiger charge is 2.45. The van der Waals surface area contributed by atoms with Crippen LogP contribution in [0, 0.1) is 0 Å². The van der Waals surface area contributed by atoms with E-state index in [-0.39, 0.29) is 5.91 Å². The van der Waals surface area contributed by atoms with Gasteiger partial charge >= 0.3 is 0 Å². The summed E-state index contributed by atoms with van der Waals surface area (Å²) in [5, 5.41) is 3.44. The van der Waals surface area contributed by atoms with Gasteiger partial charge in [-0.2, -0.15) is 0 Å². The summed E-state index contributed by atoms with van der Waals surface area (Å²) >= 11 is 1.70. The van der Waals surface area contributed by atoms with E-state index in [9.17, 15) is 9.00 Å². The molecule has 2 aliphatic heterocycles. The highest BCUT2D eigenvalue weighted by molar-refractivity contribution is 7.87. The zero-order valence-electron chi connectivity index (χ0n) is 15.2. The van der Waals surface area contributed by atoms with Crippen LogP contribution in [0.5, 0.6) is 0 Å². The molecule has 2 fully saturated rings. The molecule has 2 aromatic heterocycles. The molecule has 6 nitrogen and oxygen atoms in total. The molecule has 8 heteroatoms. The molecule has 4 heterocycles. The van der Waals surface area contributed by atoms with Gasteiger partial charge in [-0.05, 0) is 26.0 Å². The number of anilines is 1. The molecule has 2 aliphatic rings. The van der Waals surface area contributed by atoms with Gasteiger partial charge in [0.05, 0.1) is 22.4 Å². The molecule has 0 N–H and O–H groups in total. The van der Waals surface area contributed by atoms with Crippen molar-refractivity contribution in [2.24, 2.45) is 0 Å². The van der Waals surface area contributed by atoms with Crippen LogP contribution in [-0.2, 0) is 15.6 Å². The van der Waals surface area contributed by atoms with Crippen LogP contribution in [0.2, 0.25) is 0 Å². The first-order valence-corrected chi connectivity index (χ1v) is 11.1. The molecule has 2 saturated heterocycles. The Morgan fingerprint density at radius 3 is 2.69 bits per heavy atom. The summed E-state index contributed by atoms with van der Waals surface area (Å²) in [7, 11) is -1.09. The third-order valence-corrected chi connectivity index (χ3v) is 8.12. The number of hydrogen-bond donors (Lipinski definition) is 0. The van der Waals surface area contributed by atoms with Crippen LogP contribution >= 0.6 is 11.3 Å². The van der Waals surface area contributed by atoms with E-state index in [2.05, 4.69) is 26.2 Å². The van der Waals surface area contributed by atoms with Gasteiger partial charge < -0.3 is 9.80 Å². The molecule has 0 bridgehead atoms. The number of thiophene rings is 1. The van der Waals surface area contributed by atoms with Crippen LogP contribution in [0.4, 0.5) is 5.69 Å². The van der Waals surface area contributed by atoms with Gasteiger partial charge in [-0.3, -0.25) is 13.9 Å². The summed E-state index contributed by atoms with van der Waals surface area (Å²) in [5.74, 6) is 0.395. The highest BCUT2D eigenvalue weighted by Crippen LogP contribution is 2.32. The van der Waals surface area contributed by atoms with Crippen LogP contribution in [-0.4, -0.2) is 74.8 Å². The van der Waals surface area contributed by atoms with Crippen molar-refractivity contribution in [3.63, 3.8) is 0 Å². The van der Waals surface area contributed by atoms with E-state index in [0.29, 0.717) is 12.4 Å². The topological polar surface area (TPSA) is 56.8 Å². The lowest BCUT2D eigenvalue weighted by atomic mass is 10.2. The van der Waals surface area contributed by atoms with Gasteiger partial charge in [0, 0.05) is 56.2 Å². The fraction of sp³-hybridized carbons (Fsp3) is 0.556. The molecule has 2 aromatic rings. The molecule has 0 aliphatic carbocycles. The van der Waals surface area contributed by atoms with E-state index >= 15 is 0 Å². The smallest absolute Gasteiger partial charge is 0.241 e. The molecular weight excluding hydrogens is 368 g/mol. The third kappa shape index (κ3) is 3.14. The number of pyridine rings is 1. The second-order valence-corrected chi connectivity index (χ2v) is 10.2. The second kappa shape index (κ2) is 6.90. The molecule has 140 valence electrons. The number of carbonyl (C=O) groups is 1. The Balaban J connectivity index is 1.32. The lowest BCUT2D eigenvalue weighted by Gasteiger charge is -2.36. The molecule has 0 aromatic carbocycles. The molecule has 26 heavy (non-hydrogen) atoms. The average Bonchev–Trinajstić information content (AvgIpc) is 3.16. The summed E-state index contributed by atoms with van der Waals surface area (Å²) in [6.45, 7) is 8.99. The largest absolute Gasteiger partial charge is 0.368 e. The number of fused-ring (bicyclic) bond motifs is 1. The van der Waals surface area contributed by atoms with E-state index in [1.165, 1.54) is 11.1 Å². The van der Waals surface area contributed by atoms with Crippen molar-refractivity contribution in [2.75, 3.05) is 50.0 Å². The molecule has 0 saturated carbocycles. The molecule has 1 amide bonds. The Morgan fingerprint density at radius 1 is 1.23 bits per heavy atom. The number of hydrogen-bond acceptors (Lipinski definition) is 6. The molecule has 0 spiro atoms. The minimum atomic E-state index is -1.09. The first-order chi connectivity index (χ1) is 12.5. The molecule has 1 unspecified atom stereocenters. The van der Waals surface area contributed by atoms with Crippen LogP contribution in [0.25, 0.3) is 10.2 Å². The van der Waals surface area contributed by atoms with E-state index in [4.69, 9.17) is 0 Å². The first-order valence-electron chi connectivity index (χ1n) is 8.94. The van der Waals surface area contributed by atoms with Gasteiger partial charge in [0.2, 0.25) is 5.91 Å². The van der Waals surface area contributed by atoms with Crippen LogP contribution in [0.3, 0.4) is 0 Å². The Hall–Kier alpha value is -1.51. The second-order valence-electron chi connectivity index (χ2n) is 7.36. The SMILES string of the molecule is CC1(C)C(=O)N(CCN2CCN(c3csc4ncccc34)CC2)CS1=O. The number of nitrogens with zero attached hydrogens (tertiary/aromatic N) is 4.